The van der Waals surface area contributed by atoms with Gasteiger partial charge < -0.3 is 20.6 Å². The van der Waals surface area contributed by atoms with E-state index >= 15 is 0 Å². The molecule has 6 nitrogen and oxygen atoms in total. The Morgan fingerprint density at radius 2 is 1.85 bits per heavy atom. The fourth-order valence-electron chi connectivity index (χ4n) is 2.61. The van der Waals surface area contributed by atoms with Gasteiger partial charge in [0.25, 0.3) is 0 Å². The zero-order valence-electron chi connectivity index (χ0n) is 12.7. The van der Waals surface area contributed by atoms with E-state index in [4.69, 9.17) is 0 Å². The van der Waals surface area contributed by atoms with Gasteiger partial charge in [0, 0.05) is 19.6 Å². The minimum atomic E-state index is -0.857. The van der Waals surface area contributed by atoms with Crippen molar-refractivity contribution in [3.05, 3.63) is 0 Å². The van der Waals surface area contributed by atoms with E-state index in [0.29, 0.717) is 12.8 Å². The largest absolute Gasteiger partial charge is 0.481 e. The van der Waals surface area contributed by atoms with E-state index in [2.05, 4.69) is 10.6 Å². The van der Waals surface area contributed by atoms with Crippen LogP contribution in [0.2, 0.25) is 0 Å². The highest BCUT2D eigenvalue weighted by Crippen LogP contribution is 2.25. The van der Waals surface area contributed by atoms with Gasteiger partial charge in [-0.2, -0.15) is 0 Å². The number of carbonyl (C=O) groups is 2. The van der Waals surface area contributed by atoms with Gasteiger partial charge in [0.1, 0.15) is 0 Å². The molecule has 0 aromatic rings. The number of nitrogens with zero attached hydrogens (tertiary/aromatic N) is 1. The summed E-state index contributed by atoms with van der Waals surface area (Å²) in [5.74, 6) is -0.840. The van der Waals surface area contributed by atoms with E-state index in [1.54, 1.807) is 11.9 Å². The van der Waals surface area contributed by atoms with Crippen molar-refractivity contribution in [3.63, 3.8) is 0 Å². The summed E-state index contributed by atoms with van der Waals surface area (Å²) in [5, 5.41) is 15.4. The fourth-order valence-corrected chi connectivity index (χ4v) is 2.61. The van der Waals surface area contributed by atoms with Crippen LogP contribution in [-0.4, -0.2) is 54.7 Å². The lowest BCUT2D eigenvalue weighted by Crippen LogP contribution is -2.51. The van der Waals surface area contributed by atoms with Crippen molar-refractivity contribution in [2.75, 3.05) is 26.7 Å². The number of hydrogen-bond acceptors (Lipinski definition) is 3. The Morgan fingerprint density at radius 3 is 2.30 bits per heavy atom. The van der Waals surface area contributed by atoms with Crippen molar-refractivity contribution in [1.82, 2.24) is 15.5 Å². The van der Waals surface area contributed by atoms with Crippen LogP contribution in [-0.2, 0) is 4.79 Å². The first-order valence-corrected chi connectivity index (χ1v) is 7.41. The fraction of sp³-hybridized carbons (Fsp3) is 0.857. The number of carbonyl (C=O) groups excluding carboxylic acids is 1. The molecule has 3 N–H and O–H groups in total. The maximum absolute atomic E-state index is 12.1. The van der Waals surface area contributed by atoms with Crippen LogP contribution in [0.3, 0.4) is 0 Å². The number of urea groups is 1. The first kappa shape index (κ1) is 16.8. The number of amides is 2. The van der Waals surface area contributed by atoms with Crippen LogP contribution in [0.1, 0.15) is 39.5 Å². The maximum atomic E-state index is 12.1. The smallest absolute Gasteiger partial charge is 0.317 e. The van der Waals surface area contributed by atoms with Crippen LogP contribution >= 0.6 is 0 Å². The molecule has 1 heterocycles. The van der Waals surface area contributed by atoms with E-state index in [-0.39, 0.29) is 18.6 Å². The monoisotopic (exact) mass is 285 g/mol. The molecule has 6 heteroatoms. The molecule has 2 amide bonds. The second-order valence-electron chi connectivity index (χ2n) is 5.54. The van der Waals surface area contributed by atoms with Crippen molar-refractivity contribution < 1.29 is 14.7 Å². The Kier molecular flexibility index (Phi) is 6.26. The van der Waals surface area contributed by atoms with Gasteiger partial charge in [0.2, 0.25) is 0 Å². The molecule has 1 rings (SSSR count). The molecule has 0 aromatic carbocycles. The average molecular weight is 285 g/mol. The number of carboxylic acid groups (broad SMARTS) is 1. The lowest BCUT2D eigenvalue weighted by molar-refractivity contribution is -0.149. The number of aliphatic carboxylic acids is 1. The molecule has 0 aromatic heterocycles. The summed E-state index contributed by atoms with van der Waals surface area (Å²) in [6.07, 6.45) is 2.90. The standard InChI is InChI=1S/C14H27N3O3/c1-4-14(5-2,12(18)19)10-16-13(20)17(3)11-6-8-15-9-7-11/h11,15H,4-10H2,1-3H3,(H,16,20)(H,18,19). The average Bonchev–Trinajstić information content (AvgIpc) is 2.48. The SMILES string of the molecule is CCC(CC)(CNC(=O)N(C)C1CCNCC1)C(=O)O. The predicted octanol–water partition coefficient (Wildman–Crippen LogP) is 1.27. The molecule has 1 aliphatic rings. The van der Waals surface area contributed by atoms with Gasteiger partial charge in [-0.3, -0.25) is 4.79 Å². The first-order valence-electron chi connectivity index (χ1n) is 7.41. The zero-order chi connectivity index (χ0) is 15.2. The third-order valence-corrected chi connectivity index (χ3v) is 4.56. The van der Waals surface area contributed by atoms with Crippen LogP contribution in [0.5, 0.6) is 0 Å². The number of hydrogen-bond donors (Lipinski definition) is 3. The van der Waals surface area contributed by atoms with Gasteiger partial charge in [0.05, 0.1) is 5.41 Å². The van der Waals surface area contributed by atoms with Crippen LogP contribution < -0.4 is 10.6 Å². The molecular weight excluding hydrogens is 258 g/mol. The molecule has 1 aliphatic heterocycles. The van der Waals surface area contributed by atoms with Crippen molar-refractivity contribution in [1.29, 1.82) is 0 Å². The highest BCUT2D eigenvalue weighted by atomic mass is 16.4. The second kappa shape index (κ2) is 7.47. The third kappa shape index (κ3) is 3.85. The maximum Gasteiger partial charge on any atom is 0.317 e. The second-order valence-corrected chi connectivity index (χ2v) is 5.54. The van der Waals surface area contributed by atoms with Gasteiger partial charge in [0.15, 0.2) is 0 Å². The third-order valence-electron chi connectivity index (χ3n) is 4.56. The van der Waals surface area contributed by atoms with Crippen molar-refractivity contribution in [2.45, 2.75) is 45.6 Å². The highest BCUT2D eigenvalue weighted by molar-refractivity contribution is 5.78. The molecule has 0 radical (unpaired) electrons. The minimum absolute atomic E-state index is 0.176. The van der Waals surface area contributed by atoms with Crippen molar-refractivity contribution in [3.8, 4) is 0 Å². The number of carboxylic acids is 1. The molecule has 0 saturated carbocycles. The summed E-state index contributed by atoms with van der Waals surface area (Å²) >= 11 is 0. The lowest BCUT2D eigenvalue weighted by Gasteiger charge is -2.33. The number of rotatable bonds is 6. The zero-order valence-corrected chi connectivity index (χ0v) is 12.7. The minimum Gasteiger partial charge on any atom is -0.481 e. The molecular formula is C14H27N3O3. The predicted molar refractivity (Wildman–Crippen MR) is 77.7 cm³/mol. The van der Waals surface area contributed by atoms with Gasteiger partial charge in [-0.1, -0.05) is 13.8 Å². The first-order chi connectivity index (χ1) is 9.46. The summed E-state index contributed by atoms with van der Waals surface area (Å²) in [7, 11) is 1.78. The van der Waals surface area contributed by atoms with Gasteiger partial charge in [-0.15, -0.1) is 0 Å². The van der Waals surface area contributed by atoms with E-state index in [9.17, 15) is 14.7 Å². The van der Waals surface area contributed by atoms with E-state index in [0.717, 1.165) is 25.9 Å². The Hall–Kier alpha value is -1.30. The number of piperidine rings is 1. The van der Waals surface area contributed by atoms with Gasteiger partial charge >= 0.3 is 12.0 Å². The summed E-state index contributed by atoms with van der Waals surface area (Å²) in [6, 6.07) is 0.0585. The lowest BCUT2D eigenvalue weighted by atomic mass is 9.82. The van der Waals surface area contributed by atoms with Crippen LogP contribution in [0.4, 0.5) is 4.79 Å². The van der Waals surface area contributed by atoms with Crippen molar-refractivity contribution in [2.24, 2.45) is 5.41 Å². The molecule has 1 fully saturated rings. The summed E-state index contributed by atoms with van der Waals surface area (Å²) in [6.45, 7) is 5.72. The van der Waals surface area contributed by atoms with Crippen molar-refractivity contribution >= 4 is 12.0 Å². The van der Waals surface area contributed by atoms with E-state index in [1.165, 1.54) is 0 Å². The molecule has 0 unspecified atom stereocenters. The number of nitrogens with one attached hydrogen (secondary N) is 2. The molecule has 116 valence electrons. The van der Waals surface area contributed by atoms with Crippen LogP contribution in [0.25, 0.3) is 0 Å². The van der Waals surface area contributed by atoms with E-state index < -0.39 is 11.4 Å². The Bertz CT molecular complexity index is 337. The molecule has 20 heavy (non-hydrogen) atoms. The summed E-state index contributed by atoms with van der Waals surface area (Å²) in [4.78, 5) is 25.2. The van der Waals surface area contributed by atoms with Crippen LogP contribution in [0, 0.1) is 5.41 Å². The van der Waals surface area contributed by atoms with E-state index in [1.807, 2.05) is 13.8 Å². The van der Waals surface area contributed by atoms with Crippen LogP contribution in [0.15, 0.2) is 0 Å². The normalized spacial score (nSPS) is 16.8. The molecule has 0 spiro atoms. The molecule has 0 atom stereocenters. The Labute approximate surface area is 120 Å². The Balaban J connectivity index is 2.54. The quantitative estimate of drug-likeness (QED) is 0.686. The summed E-state index contributed by atoms with van der Waals surface area (Å²) < 4.78 is 0. The highest BCUT2D eigenvalue weighted by Gasteiger charge is 2.35. The molecule has 0 aliphatic carbocycles. The topological polar surface area (TPSA) is 81.7 Å². The molecule has 0 bridgehead atoms. The van der Waals surface area contributed by atoms with Gasteiger partial charge in [-0.05, 0) is 38.8 Å². The summed E-state index contributed by atoms with van der Waals surface area (Å²) in [5.41, 5.74) is -0.857. The molecule has 1 saturated heterocycles. The van der Waals surface area contributed by atoms with Gasteiger partial charge in [-0.25, -0.2) is 4.79 Å². The Morgan fingerprint density at radius 1 is 1.30 bits per heavy atom.